The molecule has 1 aromatic carbocycles. The summed E-state index contributed by atoms with van der Waals surface area (Å²) in [5.74, 6) is 2.25. The maximum absolute atomic E-state index is 12.6. The van der Waals surface area contributed by atoms with Crippen LogP contribution in [-0.4, -0.2) is 69.1 Å². The third-order valence-electron chi connectivity index (χ3n) is 5.95. The van der Waals surface area contributed by atoms with E-state index in [1.165, 1.54) is 0 Å². The molecule has 0 spiro atoms. The fourth-order valence-electron chi connectivity index (χ4n) is 4.17. The summed E-state index contributed by atoms with van der Waals surface area (Å²) in [5, 5.41) is 0. The molecule has 2 fully saturated rings. The molecule has 0 bridgehead atoms. The lowest BCUT2D eigenvalue weighted by Gasteiger charge is -2.31. The number of ether oxygens (including phenoxy) is 3. The molecule has 1 aromatic rings. The van der Waals surface area contributed by atoms with Crippen LogP contribution in [0.4, 0.5) is 0 Å². The Kier molecular flexibility index (Phi) is 7.60. The number of carbonyl (C=O) groups is 2. The molecule has 0 radical (unpaired) electrons. The maximum atomic E-state index is 12.6. The van der Waals surface area contributed by atoms with Crippen LogP contribution in [0.5, 0.6) is 17.2 Å². The number of amides is 2. The summed E-state index contributed by atoms with van der Waals surface area (Å²) >= 11 is 0. The number of methoxy groups -OCH3 is 3. The largest absolute Gasteiger partial charge is 0.493 e. The van der Waals surface area contributed by atoms with Gasteiger partial charge in [0.1, 0.15) is 0 Å². The predicted octanol–water partition coefficient (Wildman–Crippen LogP) is 2.98. The number of carbonyl (C=O) groups excluding carboxylic acids is 2. The minimum Gasteiger partial charge on any atom is -0.493 e. The third kappa shape index (κ3) is 5.26. The van der Waals surface area contributed by atoms with Crippen LogP contribution >= 0.6 is 0 Å². The van der Waals surface area contributed by atoms with E-state index < -0.39 is 0 Å². The molecule has 2 heterocycles. The van der Waals surface area contributed by atoms with Crippen LogP contribution in [0.15, 0.2) is 18.2 Å². The minimum atomic E-state index is -0.0203. The molecule has 3 rings (SSSR count). The molecular formula is C23H32N2O5. The van der Waals surface area contributed by atoms with Crippen LogP contribution in [-0.2, 0) is 9.59 Å². The van der Waals surface area contributed by atoms with E-state index in [9.17, 15) is 9.59 Å². The second kappa shape index (κ2) is 10.4. The van der Waals surface area contributed by atoms with Gasteiger partial charge in [-0.25, -0.2) is 0 Å². The van der Waals surface area contributed by atoms with E-state index >= 15 is 0 Å². The monoisotopic (exact) mass is 416 g/mol. The Morgan fingerprint density at radius 3 is 2.07 bits per heavy atom. The molecule has 0 atom stereocenters. The first-order valence-corrected chi connectivity index (χ1v) is 10.6. The maximum Gasteiger partial charge on any atom is 0.246 e. The Balaban J connectivity index is 1.54. The predicted molar refractivity (Wildman–Crippen MR) is 115 cm³/mol. The van der Waals surface area contributed by atoms with Gasteiger partial charge in [0.05, 0.1) is 21.3 Å². The van der Waals surface area contributed by atoms with Gasteiger partial charge in [-0.2, -0.15) is 0 Å². The van der Waals surface area contributed by atoms with Gasteiger partial charge in [0.2, 0.25) is 17.6 Å². The summed E-state index contributed by atoms with van der Waals surface area (Å²) < 4.78 is 16.0. The fourth-order valence-corrected chi connectivity index (χ4v) is 4.17. The third-order valence-corrected chi connectivity index (χ3v) is 5.95. The summed E-state index contributed by atoms with van der Waals surface area (Å²) in [7, 11) is 4.69. The molecule has 30 heavy (non-hydrogen) atoms. The highest BCUT2D eigenvalue weighted by molar-refractivity contribution is 5.92. The smallest absolute Gasteiger partial charge is 0.246 e. The zero-order valence-corrected chi connectivity index (χ0v) is 18.2. The van der Waals surface area contributed by atoms with Crippen molar-refractivity contribution in [2.75, 3.05) is 47.5 Å². The SMILES string of the molecule is COc1cc(/C=C/C(=O)N2CCC(CC(=O)N3CCCC3)CC2)cc(OC)c1OC. The van der Waals surface area contributed by atoms with Gasteiger partial charge < -0.3 is 24.0 Å². The van der Waals surface area contributed by atoms with Gasteiger partial charge in [-0.3, -0.25) is 9.59 Å². The molecule has 2 amide bonds. The van der Waals surface area contributed by atoms with Crippen LogP contribution in [0, 0.1) is 5.92 Å². The van der Waals surface area contributed by atoms with Crippen molar-refractivity contribution >= 4 is 17.9 Å². The molecule has 2 aliphatic heterocycles. The van der Waals surface area contributed by atoms with E-state index in [4.69, 9.17) is 14.2 Å². The fraction of sp³-hybridized carbons (Fsp3) is 0.565. The first kappa shape index (κ1) is 22.0. The molecule has 2 aliphatic rings. The van der Waals surface area contributed by atoms with Crippen LogP contribution in [0.2, 0.25) is 0 Å². The molecule has 0 saturated carbocycles. The molecule has 0 aromatic heterocycles. The summed E-state index contributed by atoms with van der Waals surface area (Å²) in [4.78, 5) is 28.8. The van der Waals surface area contributed by atoms with Crippen molar-refractivity contribution in [1.29, 1.82) is 0 Å². The van der Waals surface area contributed by atoms with Gasteiger partial charge in [0, 0.05) is 38.7 Å². The van der Waals surface area contributed by atoms with Crippen molar-refractivity contribution < 1.29 is 23.8 Å². The summed E-state index contributed by atoms with van der Waals surface area (Å²) in [6.45, 7) is 3.19. The number of nitrogens with zero attached hydrogens (tertiary/aromatic N) is 2. The zero-order valence-electron chi connectivity index (χ0n) is 18.2. The second-order valence-corrected chi connectivity index (χ2v) is 7.85. The van der Waals surface area contributed by atoms with Crippen molar-refractivity contribution in [2.24, 2.45) is 5.92 Å². The molecule has 7 heteroatoms. The van der Waals surface area contributed by atoms with E-state index in [2.05, 4.69) is 0 Å². The lowest BCUT2D eigenvalue weighted by molar-refractivity contribution is -0.131. The molecule has 164 valence electrons. The van der Waals surface area contributed by atoms with Crippen molar-refractivity contribution in [1.82, 2.24) is 9.80 Å². The van der Waals surface area contributed by atoms with Crippen molar-refractivity contribution in [3.63, 3.8) is 0 Å². The van der Waals surface area contributed by atoms with Gasteiger partial charge in [0.15, 0.2) is 11.5 Å². The van der Waals surface area contributed by atoms with Crippen LogP contribution < -0.4 is 14.2 Å². The number of rotatable bonds is 7. The van der Waals surface area contributed by atoms with E-state index in [1.54, 1.807) is 45.6 Å². The Morgan fingerprint density at radius 1 is 0.933 bits per heavy atom. The summed E-state index contributed by atoms with van der Waals surface area (Å²) in [5.41, 5.74) is 0.795. The molecule has 0 aliphatic carbocycles. The lowest BCUT2D eigenvalue weighted by atomic mass is 9.93. The first-order chi connectivity index (χ1) is 14.5. The minimum absolute atomic E-state index is 0.0203. The van der Waals surface area contributed by atoms with Gasteiger partial charge >= 0.3 is 0 Å². The van der Waals surface area contributed by atoms with Crippen molar-refractivity contribution in [3.05, 3.63) is 23.8 Å². The number of hydrogen-bond acceptors (Lipinski definition) is 5. The zero-order chi connectivity index (χ0) is 21.5. The second-order valence-electron chi connectivity index (χ2n) is 7.85. The van der Waals surface area contributed by atoms with Crippen molar-refractivity contribution in [2.45, 2.75) is 32.1 Å². The average Bonchev–Trinajstić information content (AvgIpc) is 3.32. The highest BCUT2D eigenvalue weighted by Crippen LogP contribution is 2.38. The normalized spacial score (nSPS) is 17.4. The highest BCUT2D eigenvalue weighted by atomic mass is 16.5. The quantitative estimate of drug-likeness (QED) is 0.639. The van der Waals surface area contributed by atoms with Gasteiger partial charge in [-0.15, -0.1) is 0 Å². The number of piperidine rings is 1. The average molecular weight is 417 g/mol. The van der Waals surface area contributed by atoms with Crippen molar-refractivity contribution in [3.8, 4) is 17.2 Å². The molecular weight excluding hydrogens is 384 g/mol. The van der Waals surface area contributed by atoms with Crippen LogP contribution in [0.3, 0.4) is 0 Å². The Morgan fingerprint density at radius 2 is 1.53 bits per heavy atom. The topological polar surface area (TPSA) is 68.3 Å². The summed E-state index contributed by atoms with van der Waals surface area (Å²) in [6, 6.07) is 3.61. The van der Waals surface area contributed by atoms with Gasteiger partial charge in [0.25, 0.3) is 0 Å². The Hall–Kier alpha value is -2.70. The Bertz CT molecular complexity index is 753. The number of benzene rings is 1. The molecule has 0 N–H and O–H groups in total. The van der Waals surface area contributed by atoms with E-state index in [-0.39, 0.29) is 11.8 Å². The summed E-state index contributed by atoms with van der Waals surface area (Å²) in [6.07, 6.45) is 7.95. The highest BCUT2D eigenvalue weighted by Gasteiger charge is 2.26. The first-order valence-electron chi connectivity index (χ1n) is 10.6. The number of likely N-dealkylation sites (tertiary alicyclic amines) is 2. The molecule has 0 unspecified atom stereocenters. The van der Waals surface area contributed by atoms with E-state index in [1.807, 2.05) is 9.80 Å². The van der Waals surface area contributed by atoms with E-state index in [0.29, 0.717) is 42.7 Å². The van der Waals surface area contributed by atoms with Gasteiger partial charge in [-0.1, -0.05) is 0 Å². The van der Waals surface area contributed by atoms with Crippen LogP contribution in [0.25, 0.3) is 6.08 Å². The van der Waals surface area contributed by atoms with E-state index in [0.717, 1.165) is 44.3 Å². The van der Waals surface area contributed by atoms with Gasteiger partial charge in [-0.05, 0) is 55.4 Å². The van der Waals surface area contributed by atoms with Crippen LogP contribution in [0.1, 0.15) is 37.7 Å². The molecule has 2 saturated heterocycles. The molecule has 7 nitrogen and oxygen atoms in total. The standard InChI is InChI=1S/C23H32N2O5/c1-28-19-14-18(15-20(29-2)23(19)30-3)6-7-21(26)25-12-8-17(9-13-25)16-22(27)24-10-4-5-11-24/h6-7,14-15,17H,4-5,8-13,16H2,1-3H3/b7-6+. The lowest BCUT2D eigenvalue weighted by Crippen LogP contribution is -2.39. The Labute approximate surface area is 178 Å². The number of hydrogen-bond donors (Lipinski definition) is 0.